The van der Waals surface area contributed by atoms with E-state index in [2.05, 4.69) is 19.2 Å². The van der Waals surface area contributed by atoms with Crippen LogP contribution in [0.15, 0.2) is 0 Å². The van der Waals surface area contributed by atoms with Crippen molar-refractivity contribution in [1.82, 2.24) is 5.32 Å². The minimum atomic E-state index is 0.288. The molecule has 1 aliphatic heterocycles. The Bertz CT molecular complexity index is 223. The van der Waals surface area contributed by atoms with Crippen LogP contribution in [0.2, 0.25) is 0 Å². The van der Waals surface area contributed by atoms with Crippen molar-refractivity contribution in [1.29, 1.82) is 0 Å². The fourth-order valence-electron chi connectivity index (χ4n) is 2.59. The van der Waals surface area contributed by atoms with Gasteiger partial charge in [-0.3, -0.25) is 4.79 Å². The zero-order chi connectivity index (χ0) is 13.2. The summed E-state index contributed by atoms with van der Waals surface area (Å²) in [5.74, 6) is 1.40. The van der Waals surface area contributed by atoms with E-state index in [1.165, 1.54) is 44.9 Å². The Morgan fingerprint density at radius 1 is 1.06 bits per heavy atom. The van der Waals surface area contributed by atoms with Gasteiger partial charge in [0, 0.05) is 12.3 Å². The lowest BCUT2D eigenvalue weighted by atomic mass is 9.84. The molecule has 2 heteroatoms. The zero-order valence-electron chi connectivity index (χ0n) is 12.3. The first-order valence-corrected chi connectivity index (χ1v) is 7.99. The molecule has 0 amide bonds. The molecule has 0 aromatic heterocycles. The van der Waals surface area contributed by atoms with E-state index in [1.54, 1.807) is 0 Å². The normalized spacial score (nSPS) is 17.4. The number of rotatable bonds is 11. The highest BCUT2D eigenvalue weighted by atomic mass is 16.1. The van der Waals surface area contributed by atoms with E-state index >= 15 is 0 Å². The number of unbranched alkanes of at least 4 members (excludes halogenated alkanes) is 7. The summed E-state index contributed by atoms with van der Waals surface area (Å²) in [6, 6.07) is 0. The average molecular weight is 253 g/mol. The molecule has 0 saturated carbocycles. The molecule has 1 saturated heterocycles. The second-order valence-corrected chi connectivity index (χ2v) is 5.90. The van der Waals surface area contributed by atoms with E-state index in [0.29, 0.717) is 11.7 Å². The fourth-order valence-corrected chi connectivity index (χ4v) is 2.59. The minimum absolute atomic E-state index is 0.288. The third-order valence-corrected chi connectivity index (χ3v) is 4.30. The van der Waals surface area contributed by atoms with Crippen molar-refractivity contribution in [3.05, 3.63) is 0 Å². The zero-order valence-corrected chi connectivity index (χ0v) is 12.3. The van der Waals surface area contributed by atoms with Crippen LogP contribution in [-0.4, -0.2) is 18.9 Å². The lowest BCUT2D eigenvalue weighted by Gasteiger charge is -2.31. The number of carbonyl (C=O) groups is 1. The second-order valence-electron chi connectivity index (χ2n) is 5.90. The highest BCUT2D eigenvalue weighted by molar-refractivity contribution is 5.81. The molecule has 0 aromatic rings. The molecule has 1 aliphatic rings. The number of hydrogen-bond acceptors (Lipinski definition) is 2. The van der Waals surface area contributed by atoms with Crippen LogP contribution in [0.25, 0.3) is 0 Å². The van der Waals surface area contributed by atoms with E-state index < -0.39 is 0 Å². The van der Waals surface area contributed by atoms with Crippen molar-refractivity contribution in [2.45, 2.75) is 71.6 Å². The van der Waals surface area contributed by atoms with Gasteiger partial charge < -0.3 is 5.32 Å². The SMILES string of the molecule is CCCCCCCCCCC(=O)C(C)C1CNC1. The molecular formula is C16H31NO. The molecule has 1 unspecified atom stereocenters. The summed E-state index contributed by atoms with van der Waals surface area (Å²) >= 11 is 0. The molecule has 2 nitrogen and oxygen atoms in total. The van der Waals surface area contributed by atoms with Gasteiger partial charge in [-0.2, -0.15) is 0 Å². The van der Waals surface area contributed by atoms with Crippen molar-refractivity contribution < 1.29 is 4.79 Å². The molecule has 1 fully saturated rings. The van der Waals surface area contributed by atoms with Crippen molar-refractivity contribution in [3.63, 3.8) is 0 Å². The average Bonchev–Trinajstić information content (AvgIpc) is 2.30. The summed E-state index contributed by atoms with van der Waals surface area (Å²) < 4.78 is 0. The van der Waals surface area contributed by atoms with Gasteiger partial charge in [-0.25, -0.2) is 0 Å². The first-order chi connectivity index (χ1) is 8.75. The maximum atomic E-state index is 11.9. The van der Waals surface area contributed by atoms with Crippen LogP contribution < -0.4 is 5.32 Å². The summed E-state index contributed by atoms with van der Waals surface area (Å²) in [7, 11) is 0. The third-order valence-electron chi connectivity index (χ3n) is 4.30. The molecule has 0 radical (unpaired) electrons. The molecule has 1 atom stereocenters. The smallest absolute Gasteiger partial charge is 0.136 e. The van der Waals surface area contributed by atoms with E-state index in [9.17, 15) is 4.79 Å². The van der Waals surface area contributed by atoms with E-state index in [4.69, 9.17) is 0 Å². The number of hydrogen-bond donors (Lipinski definition) is 1. The Morgan fingerprint density at radius 2 is 1.61 bits per heavy atom. The summed E-state index contributed by atoms with van der Waals surface area (Å²) in [5, 5.41) is 3.25. The van der Waals surface area contributed by atoms with Crippen LogP contribution >= 0.6 is 0 Å². The van der Waals surface area contributed by atoms with Crippen LogP contribution in [0.1, 0.15) is 71.6 Å². The highest BCUT2D eigenvalue weighted by Crippen LogP contribution is 2.19. The quantitative estimate of drug-likeness (QED) is 0.565. The molecule has 1 rings (SSSR count). The Labute approximate surface area is 113 Å². The van der Waals surface area contributed by atoms with Crippen molar-refractivity contribution in [3.8, 4) is 0 Å². The lowest BCUT2D eigenvalue weighted by molar-refractivity contribution is -0.124. The predicted molar refractivity (Wildman–Crippen MR) is 77.8 cm³/mol. The number of Topliss-reactive ketones (excluding diaryl/α,β-unsaturated/α-hetero) is 1. The van der Waals surface area contributed by atoms with Gasteiger partial charge in [0.05, 0.1) is 0 Å². The van der Waals surface area contributed by atoms with Gasteiger partial charge >= 0.3 is 0 Å². The number of ketones is 1. The van der Waals surface area contributed by atoms with Crippen molar-refractivity contribution in [2.75, 3.05) is 13.1 Å². The van der Waals surface area contributed by atoms with Gasteiger partial charge in [-0.15, -0.1) is 0 Å². The number of nitrogens with one attached hydrogen (secondary N) is 1. The van der Waals surface area contributed by atoms with Gasteiger partial charge in [0.2, 0.25) is 0 Å². The van der Waals surface area contributed by atoms with Crippen LogP contribution in [-0.2, 0) is 4.79 Å². The Morgan fingerprint density at radius 3 is 2.11 bits per heavy atom. The van der Waals surface area contributed by atoms with Crippen LogP contribution in [0.5, 0.6) is 0 Å². The predicted octanol–water partition coefficient (Wildman–Crippen LogP) is 3.94. The van der Waals surface area contributed by atoms with Crippen molar-refractivity contribution in [2.24, 2.45) is 11.8 Å². The molecular weight excluding hydrogens is 222 g/mol. The van der Waals surface area contributed by atoms with E-state index in [1.807, 2.05) is 0 Å². The van der Waals surface area contributed by atoms with Gasteiger partial charge in [-0.05, 0) is 25.4 Å². The standard InChI is InChI=1S/C16H31NO/c1-3-4-5-6-7-8-9-10-11-16(18)14(2)15-12-17-13-15/h14-15,17H,3-13H2,1-2H3. The van der Waals surface area contributed by atoms with Crippen LogP contribution in [0.3, 0.4) is 0 Å². The minimum Gasteiger partial charge on any atom is -0.316 e. The van der Waals surface area contributed by atoms with Crippen LogP contribution in [0, 0.1) is 11.8 Å². The van der Waals surface area contributed by atoms with E-state index in [0.717, 1.165) is 25.9 Å². The monoisotopic (exact) mass is 253 g/mol. The second kappa shape index (κ2) is 9.55. The third kappa shape index (κ3) is 5.99. The molecule has 0 aliphatic carbocycles. The van der Waals surface area contributed by atoms with E-state index in [-0.39, 0.29) is 5.92 Å². The Balaban J connectivity index is 1.89. The Hall–Kier alpha value is -0.370. The summed E-state index contributed by atoms with van der Waals surface area (Å²) in [4.78, 5) is 11.9. The highest BCUT2D eigenvalue weighted by Gasteiger charge is 2.27. The summed E-state index contributed by atoms with van der Waals surface area (Å²) in [6.07, 6.45) is 11.3. The summed E-state index contributed by atoms with van der Waals surface area (Å²) in [5.41, 5.74) is 0. The topological polar surface area (TPSA) is 29.1 Å². The molecule has 0 bridgehead atoms. The molecule has 0 aromatic carbocycles. The maximum Gasteiger partial charge on any atom is 0.136 e. The first-order valence-electron chi connectivity index (χ1n) is 7.99. The maximum absolute atomic E-state index is 11.9. The van der Waals surface area contributed by atoms with Gasteiger partial charge in [0.25, 0.3) is 0 Å². The van der Waals surface area contributed by atoms with Gasteiger partial charge in [-0.1, -0.05) is 58.8 Å². The lowest BCUT2D eigenvalue weighted by Crippen LogP contribution is -2.47. The summed E-state index contributed by atoms with van der Waals surface area (Å²) in [6.45, 7) is 6.46. The first kappa shape index (κ1) is 15.7. The van der Waals surface area contributed by atoms with Crippen LogP contribution in [0.4, 0.5) is 0 Å². The fraction of sp³-hybridized carbons (Fsp3) is 0.938. The molecule has 0 spiro atoms. The number of carbonyl (C=O) groups excluding carboxylic acids is 1. The Kier molecular flexibility index (Phi) is 8.32. The largest absolute Gasteiger partial charge is 0.316 e. The molecule has 18 heavy (non-hydrogen) atoms. The molecule has 1 N–H and O–H groups in total. The van der Waals surface area contributed by atoms with Gasteiger partial charge in [0.1, 0.15) is 5.78 Å². The van der Waals surface area contributed by atoms with Gasteiger partial charge in [0.15, 0.2) is 0 Å². The van der Waals surface area contributed by atoms with Crippen molar-refractivity contribution >= 4 is 5.78 Å². The molecule has 106 valence electrons. The molecule has 1 heterocycles.